The van der Waals surface area contributed by atoms with Gasteiger partial charge in [-0.3, -0.25) is 4.79 Å². The number of sulfone groups is 1. The largest absolute Gasteiger partial charge is 0.314 e. The topological polar surface area (TPSA) is 93.4 Å². The van der Waals surface area contributed by atoms with E-state index >= 15 is 0 Å². The first kappa shape index (κ1) is 24.2. The van der Waals surface area contributed by atoms with Crippen LogP contribution in [0.4, 0.5) is 0 Å². The predicted octanol–water partition coefficient (Wildman–Crippen LogP) is 5.22. The molecule has 1 aromatic heterocycles. The highest BCUT2D eigenvalue weighted by atomic mass is 35.5. The van der Waals surface area contributed by atoms with Crippen molar-refractivity contribution in [2.75, 3.05) is 6.26 Å². The smallest absolute Gasteiger partial charge is 0.260 e. The van der Waals surface area contributed by atoms with Crippen molar-refractivity contribution in [2.45, 2.75) is 11.4 Å². The summed E-state index contributed by atoms with van der Waals surface area (Å²) in [5.74, 6) is 0.0850. The predicted molar refractivity (Wildman–Crippen MR) is 135 cm³/mol. The number of hydrazone groups is 1. The third-order valence-corrected chi connectivity index (χ3v) is 6.83. The van der Waals surface area contributed by atoms with Crippen molar-refractivity contribution in [2.24, 2.45) is 5.10 Å². The van der Waals surface area contributed by atoms with Crippen molar-refractivity contribution < 1.29 is 13.2 Å². The summed E-state index contributed by atoms with van der Waals surface area (Å²) in [6.45, 7) is -0.0903. The number of imidazole rings is 1. The fourth-order valence-electron chi connectivity index (χ4n) is 3.29. The Hall–Kier alpha value is -2.91. The Morgan fingerprint density at radius 3 is 2.38 bits per heavy atom. The van der Waals surface area contributed by atoms with Crippen LogP contribution < -0.4 is 5.43 Å². The molecule has 4 aromatic rings. The summed E-state index contributed by atoms with van der Waals surface area (Å²) < 4.78 is 25.3. The second-order valence-corrected chi connectivity index (χ2v) is 10.7. The summed E-state index contributed by atoms with van der Waals surface area (Å²) in [6, 6.07) is 16.4. The first-order valence-corrected chi connectivity index (χ1v) is 12.9. The molecule has 4 rings (SSSR count). The van der Waals surface area contributed by atoms with E-state index in [-0.39, 0.29) is 11.4 Å². The Labute approximate surface area is 210 Å². The molecule has 0 unspecified atom stereocenters. The average Bonchev–Trinajstić information content (AvgIpc) is 3.12. The zero-order valence-corrected chi connectivity index (χ0v) is 20.8. The number of carbonyl (C=O) groups excluding carboxylic acids is 1. The zero-order valence-electron chi connectivity index (χ0n) is 17.7. The Balaban J connectivity index is 1.63. The van der Waals surface area contributed by atoms with Crippen molar-refractivity contribution in [3.8, 4) is 11.4 Å². The second kappa shape index (κ2) is 9.76. The van der Waals surface area contributed by atoms with Gasteiger partial charge in [0.1, 0.15) is 12.4 Å². The van der Waals surface area contributed by atoms with Gasteiger partial charge in [0.05, 0.1) is 27.2 Å². The van der Waals surface area contributed by atoms with E-state index in [1.165, 1.54) is 18.3 Å². The molecule has 174 valence electrons. The summed E-state index contributed by atoms with van der Waals surface area (Å²) in [5.41, 5.74) is 5.00. The number of fused-ring (bicyclic) bond motifs is 1. The number of carbonyl (C=O) groups is 1. The van der Waals surface area contributed by atoms with Crippen LogP contribution in [0, 0.1) is 0 Å². The fraction of sp³-hybridized carbons (Fsp3) is 0.0870. The van der Waals surface area contributed by atoms with E-state index in [0.717, 1.165) is 6.26 Å². The Kier molecular flexibility index (Phi) is 6.95. The average molecular weight is 536 g/mol. The number of nitrogens with zero attached hydrogens (tertiary/aromatic N) is 3. The maximum absolute atomic E-state index is 12.7. The van der Waals surface area contributed by atoms with E-state index in [0.29, 0.717) is 43.1 Å². The summed E-state index contributed by atoms with van der Waals surface area (Å²) in [4.78, 5) is 17.5. The van der Waals surface area contributed by atoms with Crippen LogP contribution in [0.25, 0.3) is 22.4 Å². The van der Waals surface area contributed by atoms with Crippen LogP contribution in [0.1, 0.15) is 5.56 Å². The molecular weight excluding hydrogens is 519 g/mol. The molecule has 3 aromatic carbocycles. The van der Waals surface area contributed by atoms with Crippen molar-refractivity contribution >= 4 is 67.8 Å². The molecule has 0 aliphatic rings. The van der Waals surface area contributed by atoms with E-state index in [1.807, 2.05) is 0 Å². The number of rotatable bonds is 6. The zero-order chi connectivity index (χ0) is 24.5. The normalized spacial score (nSPS) is 11.9. The lowest BCUT2D eigenvalue weighted by molar-refractivity contribution is -0.121. The van der Waals surface area contributed by atoms with E-state index < -0.39 is 15.7 Å². The molecule has 0 spiro atoms. The second-order valence-electron chi connectivity index (χ2n) is 7.41. The molecule has 7 nitrogen and oxygen atoms in total. The van der Waals surface area contributed by atoms with Crippen LogP contribution >= 0.6 is 34.8 Å². The van der Waals surface area contributed by atoms with Crippen LogP contribution in [-0.2, 0) is 21.2 Å². The van der Waals surface area contributed by atoms with Gasteiger partial charge in [-0.05, 0) is 54.6 Å². The van der Waals surface area contributed by atoms with E-state index in [9.17, 15) is 13.2 Å². The summed E-state index contributed by atoms with van der Waals surface area (Å²) >= 11 is 18.1. The summed E-state index contributed by atoms with van der Waals surface area (Å²) in [7, 11) is -3.34. The van der Waals surface area contributed by atoms with Gasteiger partial charge in [0.25, 0.3) is 5.91 Å². The highest BCUT2D eigenvalue weighted by Gasteiger charge is 2.16. The molecule has 0 aliphatic carbocycles. The van der Waals surface area contributed by atoms with Gasteiger partial charge in [-0.25, -0.2) is 18.8 Å². The number of nitrogens with one attached hydrogen (secondary N) is 1. The Morgan fingerprint density at radius 1 is 1.03 bits per heavy atom. The molecule has 0 bridgehead atoms. The third kappa shape index (κ3) is 5.42. The first-order chi connectivity index (χ1) is 16.1. The van der Waals surface area contributed by atoms with Gasteiger partial charge in [0.2, 0.25) is 0 Å². The lowest BCUT2D eigenvalue weighted by Crippen LogP contribution is -2.23. The van der Waals surface area contributed by atoms with Crippen molar-refractivity contribution in [1.82, 2.24) is 15.0 Å². The molecule has 0 saturated carbocycles. The highest BCUT2D eigenvalue weighted by molar-refractivity contribution is 7.90. The van der Waals surface area contributed by atoms with Crippen LogP contribution in [0.2, 0.25) is 15.1 Å². The van der Waals surface area contributed by atoms with Crippen LogP contribution in [0.15, 0.2) is 70.7 Å². The molecule has 0 aliphatic heterocycles. The van der Waals surface area contributed by atoms with Gasteiger partial charge in [-0.15, -0.1) is 0 Å². The van der Waals surface area contributed by atoms with Gasteiger partial charge >= 0.3 is 0 Å². The van der Waals surface area contributed by atoms with Crippen LogP contribution in [0.5, 0.6) is 0 Å². The van der Waals surface area contributed by atoms with Crippen molar-refractivity contribution in [3.63, 3.8) is 0 Å². The Bertz CT molecular complexity index is 1530. The van der Waals surface area contributed by atoms with Crippen LogP contribution in [-0.4, -0.2) is 36.3 Å². The van der Waals surface area contributed by atoms with Gasteiger partial charge in [0.15, 0.2) is 9.84 Å². The minimum Gasteiger partial charge on any atom is -0.314 e. The molecular formula is C23H17Cl3N4O3S. The number of amides is 1. The van der Waals surface area contributed by atoms with Gasteiger partial charge < -0.3 is 4.57 Å². The van der Waals surface area contributed by atoms with Crippen molar-refractivity contribution in [1.29, 1.82) is 0 Å². The van der Waals surface area contributed by atoms with Gasteiger partial charge in [-0.1, -0.05) is 40.9 Å². The van der Waals surface area contributed by atoms with E-state index in [1.54, 1.807) is 53.1 Å². The lowest BCUT2D eigenvalue weighted by atomic mass is 10.2. The molecule has 0 radical (unpaired) electrons. The monoisotopic (exact) mass is 534 g/mol. The molecule has 0 fully saturated rings. The number of hydrogen-bond acceptors (Lipinski definition) is 5. The lowest BCUT2D eigenvalue weighted by Gasteiger charge is -2.09. The molecule has 1 heterocycles. The molecule has 0 saturated heterocycles. The Morgan fingerprint density at radius 2 is 1.71 bits per heavy atom. The molecule has 34 heavy (non-hydrogen) atoms. The maximum atomic E-state index is 12.7. The fourth-order valence-corrected chi connectivity index (χ4v) is 4.55. The highest BCUT2D eigenvalue weighted by Crippen LogP contribution is 2.28. The first-order valence-electron chi connectivity index (χ1n) is 9.85. The molecule has 1 amide bonds. The molecule has 1 N–H and O–H groups in total. The maximum Gasteiger partial charge on any atom is 0.260 e. The van der Waals surface area contributed by atoms with Gasteiger partial charge in [-0.2, -0.15) is 5.10 Å². The minimum absolute atomic E-state index is 0.0903. The number of hydrogen-bond donors (Lipinski definition) is 1. The van der Waals surface area contributed by atoms with Gasteiger partial charge in [0, 0.05) is 27.4 Å². The minimum atomic E-state index is -3.34. The molecule has 11 heteroatoms. The van der Waals surface area contributed by atoms with E-state index in [2.05, 4.69) is 15.5 Å². The molecule has 0 atom stereocenters. The number of aromatic nitrogens is 2. The number of benzene rings is 3. The van der Waals surface area contributed by atoms with E-state index in [4.69, 9.17) is 34.8 Å². The summed E-state index contributed by atoms with van der Waals surface area (Å²) in [5, 5.41) is 5.38. The SMILES string of the molecule is CS(=O)(=O)c1ccc(-c2nc3cc(Cl)ccc3n2CC(=O)N/N=C\c2ccc(Cl)cc2Cl)cc1. The van der Waals surface area contributed by atoms with Crippen molar-refractivity contribution in [3.05, 3.63) is 81.3 Å². The third-order valence-electron chi connectivity index (χ3n) is 4.91. The quantitative estimate of drug-likeness (QED) is 0.271. The summed E-state index contributed by atoms with van der Waals surface area (Å²) in [6.07, 6.45) is 2.56. The van der Waals surface area contributed by atoms with Crippen LogP contribution in [0.3, 0.4) is 0 Å². The standard InChI is InChI=1S/C23H17Cl3N4O3S/c1-34(32,33)18-7-3-14(4-8-18)23-28-20-11-17(25)6-9-21(20)30(23)13-22(31)29-27-12-15-2-5-16(24)10-19(15)26/h2-12H,13H2,1H3,(H,29,31)/b27-12-. The number of halogens is 3.